The van der Waals surface area contributed by atoms with E-state index in [0.717, 1.165) is 38.8 Å². The van der Waals surface area contributed by atoms with Gasteiger partial charge in [-0.05, 0) is 25.7 Å². The van der Waals surface area contributed by atoms with Crippen LogP contribution in [-0.4, -0.2) is 55.1 Å². The Balaban J connectivity index is 1.44. The van der Waals surface area contributed by atoms with Gasteiger partial charge in [-0.1, -0.05) is 0 Å². The van der Waals surface area contributed by atoms with Gasteiger partial charge in [0.25, 0.3) is 0 Å². The van der Waals surface area contributed by atoms with Crippen molar-refractivity contribution in [3.8, 4) is 0 Å². The van der Waals surface area contributed by atoms with Crippen LogP contribution in [0, 0.1) is 11.8 Å². The van der Waals surface area contributed by atoms with Crippen molar-refractivity contribution in [1.29, 1.82) is 0 Å². The van der Waals surface area contributed by atoms with Crippen molar-refractivity contribution in [1.82, 2.24) is 10.2 Å². The van der Waals surface area contributed by atoms with Crippen LogP contribution in [0.1, 0.15) is 25.7 Å². The molecule has 6 heteroatoms. The molecule has 2 aliphatic heterocycles. The highest BCUT2D eigenvalue weighted by molar-refractivity contribution is 5.81. The van der Waals surface area contributed by atoms with Gasteiger partial charge in [-0.2, -0.15) is 0 Å². The number of hydrogen-bond donors (Lipinski definition) is 2. The molecule has 2 heterocycles. The number of ether oxygens (including phenoxy) is 1. The molecule has 2 unspecified atom stereocenters. The standard InChI is InChI=1S/C14H23N3O3/c15-12-8-20-7-11(12)13(18)16-10-3-5-17(6-4-10)14(19)9-1-2-9/h9-12H,1-8,15H2,(H,16,18). The summed E-state index contributed by atoms with van der Waals surface area (Å²) in [6.45, 7) is 2.40. The molecule has 6 nitrogen and oxygen atoms in total. The number of likely N-dealkylation sites (tertiary alicyclic amines) is 1. The van der Waals surface area contributed by atoms with Crippen LogP contribution in [0.5, 0.6) is 0 Å². The largest absolute Gasteiger partial charge is 0.379 e. The number of rotatable bonds is 3. The number of carbonyl (C=O) groups excluding carboxylic acids is 2. The summed E-state index contributed by atoms with van der Waals surface area (Å²) in [5.41, 5.74) is 5.85. The molecule has 20 heavy (non-hydrogen) atoms. The maximum atomic E-state index is 12.1. The van der Waals surface area contributed by atoms with E-state index in [2.05, 4.69) is 5.32 Å². The van der Waals surface area contributed by atoms with Crippen molar-refractivity contribution in [3.05, 3.63) is 0 Å². The second-order valence-corrected chi connectivity index (χ2v) is 6.19. The average molecular weight is 281 g/mol. The predicted octanol–water partition coefficient (Wildman–Crippen LogP) is -0.523. The SMILES string of the molecule is NC1COCC1C(=O)NC1CCN(C(=O)C2CC2)CC1. The summed E-state index contributed by atoms with van der Waals surface area (Å²) in [6.07, 6.45) is 3.78. The average Bonchev–Trinajstić information content (AvgIpc) is 3.21. The smallest absolute Gasteiger partial charge is 0.227 e. The highest BCUT2D eigenvalue weighted by Gasteiger charge is 2.36. The summed E-state index contributed by atoms with van der Waals surface area (Å²) in [5.74, 6) is 0.374. The Morgan fingerprint density at radius 2 is 1.80 bits per heavy atom. The molecule has 3 aliphatic rings. The lowest BCUT2D eigenvalue weighted by Crippen LogP contribution is -2.50. The second-order valence-electron chi connectivity index (χ2n) is 6.19. The topological polar surface area (TPSA) is 84.7 Å². The molecule has 3 fully saturated rings. The number of carbonyl (C=O) groups is 2. The van der Waals surface area contributed by atoms with Crippen molar-refractivity contribution >= 4 is 11.8 Å². The van der Waals surface area contributed by atoms with Gasteiger partial charge in [0.2, 0.25) is 11.8 Å². The molecule has 2 atom stereocenters. The maximum absolute atomic E-state index is 12.1. The van der Waals surface area contributed by atoms with Gasteiger partial charge in [-0.15, -0.1) is 0 Å². The molecule has 112 valence electrons. The maximum Gasteiger partial charge on any atom is 0.227 e. The lowest BCUT2D eigenvalue weighted by atomic mass is 10.00. The van der Waals surface area contributed by atoms with E-state index in [9.17, 15) is 9.59 Å². The van der Waals surface area contributed by atoms with Crippen LogP contribution in [0.25, 0.3) is 0 Å². The first kappa shape index (κ1) is 13.8. The third-order valence-electron chi connectivity index (χ3n) is 4.54. The molecule has 0 aromatic carbocycles. The number of nitrogens with zero attached hydrogens (tertiary/aromatic N) is 1. The fraction of sp³-hybridized carbons (Fsp3) is 0.857. The van der Waals surface area contributed by atoms with E-state index in [1.807, 2.05) is 4.90 Å². The zero-order valence-corrected chi connectivity index (χ0v) is 11.7. The van der Waals surface area contributed by atoms with Crippen molar-refractivity contribution in [2.45, 2.75) is 37.8 Å². The van der Waals surface area contributed by atoms with Crippen molar-refractivity contribution in [2.75, 3.05) is 26.3 Å². The normalized spacial score (nSPS) is 31.4. The van der Waals surface area contributed by atoms with Crippen LogP contribution in [-0.2, 0) is 14.3 Å². The summed E-state index contributed by atoms with van der Waals surface area (Å²) in [5, 5.41) is 3.06. The zero-order valence-electron chi connectivity index (χ0n) is 11.7. The van der Waals surface area contributed by atoms with Gasteiger partial charge in [-0.25, -0.2) is 0 Å². The highest BCUT2D eigenvalue weighted by atomic mass is 16.5. The van der Waals surface area contributed by atoms with Gasteiger partial charge in [0.15, 0.2) is 0 Å². The minimum Gasteiger partial charge on any atom is -0.379 e. The van der Waals surface area contributed by atoms with Crippen molar-refractivity contribution in [2.24, 2.45) is 17.6 Å². The monoisotopic (exact) mass is 281 g/mol. The molecule has 1 aliphatic carbocycles. The first-order valence-electron chi connectivity index (χ1n) is 7.57. The molecule has 0 bridgehead atoms. The van der Waals surface area contributed by atoms with E-state index < -0.39 is 0 Å². The summed E-state index contributed by atoms with van der Waals surface area (Å²) < 4.78 is 5.22. The minimum absolute atomic E-state index is 0.00182. The van der Waals surface area contributed by atoms with E-state index in [-0.39, 0.29) is 29.8 Å². The highest BCUT2D eigenvalue weighted by Crippen LogP contribution is 2.31. The number of hydrogen-bond acceptors (Lipinski definition) is 4. The van der Waals surface area contributed by atoms with Crippen LogP contribution in [0.3, 0.4) is 0 Å². The van der Waals surface area contributed by atoms with Crippen molar-refractivity contribution < 1.29 is 14.3 Å². The van der Waals surface area contributed by atoms with Gasteiger partial charge >= 0.3 is 0 Å². The Hall–Kier alpha value is -1.14. The van der Waals surface area contributed by atoms with Crippen LogP contribution >= 0.6 is 0 Å². The molecule has 3 N–H and O–H groups in total. The number of amides is 2. The Morgan fingerprint density at radius 3 is 2.35 bits per heavy atom. The Kier molecular flexibility index (Phi) is 3.94. The molecule has 0 spiro atoms. The van der Waals surface area contributed by atoms with E-state index >= 15 is 0 Å². The van der Waals surface area contributed by atoms with Crippen LogP contribution < -0.4 is 11.1 Å². The molecule has 1 saturated carbocycles. The summed E-state index contributed by atoms with van der Waals surface area (Å²) >= 11 is 0. The lowest BCUT2D eigenvalue weighted by molar-refractivity contribution is -0.133. The first-order valence-corrected chi connectivity index (χ1v) is 7.57. The predicted molar refractivity (Wildman–Crippen MR) is 72.8 cm³/mol. The zero-order chi connectivity index (χ0) is 14.1. The van der Waals surface area contributed by atoms with E-state index in [4.69, 9.17) is 10.5 Å². The number of nitrogens with one attached hydrogen (secondary N) is 1. The Bertz CT molecular complexity index is 389. The molecular formula is C14H23N3O3. The van der Waals surface area contributed by atoms with Gasteiger partial charge < -0.3 is 20.7 Å². The lowest BCUT2D eigenvalue weighted by Gasteiger charge is -2.33. The van der Waals surface area contributed by atoms with Crippen molar-refractivity contribution in [3.63, 3.8) is 0 Å². The number of nitrogens with two attached hydrogens (primary N) is 1. The summed E-state index contributed by atoms with van der Waals surface area (Å²) in [4.78, 5) is 26.0. The Morgan fingerprint density at radius 1 is 1.10 bits per heavy atom. The van der Waals surface area contributed by atoms with Gasteiger partial charge in [-0.3, -0.25) is 9.59 Å². The summed E-state index contributed by atoms with van der Waals surface area (Å²) in [6, 6.07) is -0.0231. The number of piperidine rings is 1. The first-order chi connectivity index (χ1) is 9.65. The third kappa shape index (κ3) is 2.96. The molecule has 0 aromatic heterocycles. The second kappa shape index (κ2) is 5.69. The van der Waals surface area contributed by atoms with E-state index in [1.54, 1.807) is 0 Å². The molecule has 0 radical (unpaired) electrons. The van der Waals surface area contributed by atoms with Crippen LogP contribution in [0.2, 0.25) is 0 Å². The molecule has 2 saturated heterocycles. The molecule has 3 rings (SSSR count). The quantitative estimate of drug-likeness (QED) is 0.729. The molecular weight excluding hydrogens is 258 g/mol. The fourth-order valence-electron chi connectivity index (χ4n) is 2.98. The fourth-order valence-corrected chi connectivity index (χ4v) is 2.98. The van der Waals surface area contributed by atoms with Crippen LogP contribution in [0.4, 0.5) is 0 Å². The van der Waals surface area contributed by atoms with Gasteiger partial charge in [0, 0.05) is 31.1 Å². The Labute approximate surface area is 119 Å². The molecule has 0 aromatic rings. The summed E-state index contributed by atoms with van der Waals surface area (Å²) in [7, 11) is 0. The minimum atomic E-state index is -0.221. The van der Waals surface area contributed by atoms with Crippen LogP contribution in [0.15, 0.2) is 0 Å². The van der Waals surface area contributed by atoms with E-state index in [1.165, 1.54) is 0 Å². The molecule has 2 amide bonds. The van der Waals surface area contributed by atoms with Gasteiger partial charge in [0.1, 0.15) is 0 Å². The van der Waals surface area contributed by atoms with Gasteiger partial charge in [0.05, 0.1) is 19.1 Å². The van der Waals surface area contributed by atoms with E-state index in [0.29, 0.717) is 19.1 Å². The third-order valence-corrected chi connectivity index (χ3v) is 4.54.